The normalized spacial score (nSPS) is 12.7. The maximum absolute atomic E-state index is 13.7. The standard InChI is InChI=1S/C22H19FN2O/c23-19-6-2-3-7-20(19)24-22(26)18-11-9-16(10-12-18)15-25-14-13-17-5-1-4-8-21(17)25/h1-12H,13-15H2,(H,24,26). The highest BCUT2D eigenvalue weighted by molar-refractivity contribution is 6.04. The summed E-state index contributed by atoms with van der Waals surface area (Å²) < 4.78 is 13.7. The number of rotatable bonds is 4. The lowest BCUT2D eigenvalue weighted by molar-refractivity contribution is 0.102. The quantitative estimate of drug-likeness (QED) is 0.746. The summed E-state index contributed by atoms with van der Waals surface area (Å²) in [5.74, 6) is -0.752. The molecular weight excluding hydrogens is 327 g/mol. The molecule has 1 heterocycles. The molecule has 3 aromatic rings. The molecule has 4 rings (SSSR count). The van der Waals surface area contributed by atoms with Crippen LogP contribution in [-0.2, 0) is 13.0 Å². The van der Waals surface area contributed by atoms with E-state index < -0.39 is 5.82 Å². The van der Waals surface area contributed by atoms with Crippen molar-refractivity contribution in [2.75, 3.05) is 16.8 Å². The Balaban J connectivity index is 1.44. The summed E-state index contributed by atoms with van der Waals surface area (Å²) >= 11 is 0. The SMILES string of the molecule is O=C(Nc1ccccc1F)c1ccc(CN2CCc3ccccc32)cc1. The Kier molecular flexibility index (Phi) is 4.40. The number of halogens is 1. The first-order chi connectivity index (χ1) is 12.7. The van der Waals surface area contributed by atoms with Crippen molar-refractivity contribution >= 4 is 17.3 Å². The lowest BCUT2D eigenvalue weighted by Crippen LogP contribution is -2.19. The van der Waals surface area contributed by atoms with Crippen LogP contribution in [0.2, 0.25) is 0 Å². The van der Waals surface area contributed by atoms with Crippen LogP contribution in [0.1, 0.15) is 21.5 Å². The number of fused-ring (bicyclic) bond motifs is 1. The molecule has 26 heavy (non-hydrogen) atoms. The molecule has 1 amide bonds. The average molecular weight is 346 g/mol. The van der Waals surface area contributed by atoms with Crippen molar-refractivity contribution in [2.45, 2.75) is 13.0 Å². The van der Waals surface area contributed by atoms with Crippen molar-refractivity contribution in [1.29, 1.82) is 0 Å². The van der Waals surface area contributed by atoms with Gasteiger partial charge in [-0.3, -0.25) is 4.79 Å². The van der Waals surface area contributed by atoms with E-state index in [-0.39, 0.29) is 11.6 Å². The van der Waals surface area contributed by atoms with E-state index in [9.17, 15) is 9.18 Å². The molecule has 0 spiro atoms. The van der Waals surface area contributed by atoms with Gasteiger partial charge >= 0.3 is 0 Å². The van der Waals surface area contributed by atoms with Gasteiger partial charge < -0.3 is 10.2 Å². The number of benzene rings is 3. The van der Waals surface area contributed by atoms with Gasteiger partial charge in [0.2, 0.25) is 0 Å². The largest absolute Gasteiger partial charge is 0.367 e. The lowest BCUT2D eigenvalue weighted by atomic mass is 10.1. The number of hydrogen-bond donors (Lipinski definition) is 1. The van der Waals surface area contributed by atoms with Crippen molar-refractivity contribution in [1.82, 2.24) is 0 Å². The number of nitrogens with zero attached hydrogens (tertiary/aromatic N) is 1. The number of amides is 1. The molecule has 0 unspecified atom stereocenters. The molecule has 4 heteroatoms. The van der Waals surface area contributed by atoms with E-state index in [1.54, 1.807) is 30.3 Å². The summed E-state index contributed by atoms with van der Waals surface area (Å²) in [4.78, 5) is 14.6. The van der Waals surface area contributed by atoms with Crippen molar-refractivity contribution in [3.05, 3.63) is 95.3 Å². The Morgan fingerprint density at radius 1 is 0.962 bits per heavy atom. The molecule has 1 aliphatic rings. The first-order valence-electron chi connectivity index (χ1n) is 8.68. The maximum Gasteiger partial charge on any atom is 0.255 e. The Bertz CT molecular complexity index is 937. The molecule has 130 valence electrons. The summed E-state index contributed by atoms with van der Waals surface area (Å²) in [7, 11) is 0. The van der Waals surface area contributed by atoms with Crippen LogP contribution in [0.3, 0.4) is 0 Å². The molecule has 0 aliphatic carbocycles. The summed E-state index contributed by atoms with van der Waals surface area (Å²) in [6.07, 6.45) is 1.07. The van der Waals surface area contributed by atoms with Gasteiger partial charge in [0.25, 0.3) is 5.91 Å². The summed E-state index contributed by atoms with van der Waals surface area (Å²) in [5, 5.41) is 2.61. The predicted molar refractivity (Wildman–Crippen MR) is 102 cm³/mol. The van der Waals surface area contributed by atoms with E-state index in [1.807, 2.05) is 12.1 Å². The molecule has 0 aromatic heterocycles. The van der Waals surface area contributed by atoms with E-state index >= 15 is 0 Å². The van der Waals surface area contributed by atoms with Gasteiger partial charge in [0.15, 0.2) is 0 Å². The molecule has 0 fully saturated rings. The summed E-state index contributed by atoms with van der Waals surface area (Å²) in [5.41, 5.74) is 4.51. The number of carbonyl (C=O) groups excluding carboxylic acids is 1. The minimum Gasteiger partial charge on any atom is -0.367 e. The first-order valence-corrected chi connectivity index (χ1v) is 8.68. The van der Waals surface area contributed by atoms with Crippen molar-refractivity contribution in [3.63, 3.8) is 0 Å². The van der Waals surface area contributed by atoms with Gasteiger partial charge in [-0.1, -0.05) is 42.5 Å². The van der Waals surface area contributed by atoms with Gasteiger partial charge in [-0.2, -0.15) is 0 Å². The fourth-order valence-corrected chi connectivity index (χ4v) is 3.31. The molecular formula is C22H19FN2O. The third kappa shape index (κ3) is 3.31. The fourth-order valence-electron chi connectivity index (χ4n) is 3.31. The molecule has 0 radical (unpaired) electrons. The lowest BCUT2D eigenvalue weighted by Gasteiger charge is -2.19. The van der Waals surface area contributed by atoms with Crippen LogP contribution in [0.4, 0.5) is 15.8 Å². The highest BCUT2D eigenvalue weighted by atomic mass is 19.1. The van der Waals surface area contributed by atoms with Crippen LogP contribution < -0.4 is 10.2 Å². The monoisotopic (exact) mass is 346 g/mol. The second kappa shape index (κ2) is 7.00. The van der Waals surface area contributed by atoms with Crippen molar-refractivity contribution in [3.8, 4) is 0 Å². The van der Waals surface area contributed by atoms with Gasteiger partial charge in [0.05, 0.1) is 5.69 Å². The van der Waals surface area contributed by atoms with E-state index in [4.69, 9.17) is 0 Å². The summed E-state index contributed by atoms with van der Waals surface area (Å²) in [6.45, 7) is 1.82. The summed E-state index contributed by atoms with van der Waals surface area (Å²) in [6, 6.07) is 22.1. The zero-order valence-corrected chi connectivity index (χ0v) is 14.3. The van der Waals surface area contributed by atoms with E-state index in [1.165, 1.54) is 17.3 Å². The third-order valence-electron chi connectivity index (χ3n) is 4.69. The Morgan fingerprint density at radius 2 is 1.69 bits per heavy atom. The zero-order chi connectivity index (χ0) is 17.9. The topological polar surface area (TPSA) is 32.3 Å². The number of anilines is 2. The predicted octanol–water partition coefficient (Wildman–Crippen LogP) is 4.64. The molecule has 0 saturated carbocycles. The van der Waals surface area contributed by atoms with Crippen molar-refractivity contribution < 1.29 is 9.18 Å². The zero-order valence-electron chi connectivity index (χ0n) is 14.3. The van der Waals surface area contributed by atoms with Gasteiger partial charge in [0.1, 0.15) is 5.82 Å². The molecule has 3 aromatic carbocycles. The van der Waals surface area contributed by atoms with Gasteiger partial charge in [-0.25, -0.2) is 4.39 Å². The Hall–Kier alpha value is -3.14. The highest BCUT2D eigenvalue weighted by Crippen LogP contribution is 2.28. The van der Waals surface area contributed by atoms with E-state index in [2.05, 4.69) is 34.5 Å². The van der Waals surface area contributed by atoms with Crippen LogP contribution >= 0.6 is 0 Å². The highest BCUT2D eigenvalue weighted by Gasteiger charge is 2.18. The van der Waals surface area contributed by atoms with Crippen LogP contribution in [-0.4, -0.2) is 12.5 Å². The molecule has 1 N–H and O–H groups in total. The average Bonchev–Trinajstić information content (AvgIpc) is 3.07. The first kappa shape index (κ1) is 16.3. The van der Waals surface area contributed by atoms with Crippen LogP contribution in [0, 0.1) is 5.82 Å². The number of hydrogen-bond acceptors (Lipinski definition) is 2. The maximum atomic E-state index is 13.7. The molecule has 0 saturated heterocycles. The smallest absolute Gasteiger partial charge is 0.255 e. The van der Waals surface area contributed by atoms with Crippen LogP contribution in [0.5, 0.6) is 0 Å². The molecule has 1 aliphatic heterocycles. The second-order valence-corrected chi connectivity index (χ2v) is 6.43. The van der Waals surface area contributed by atoms with Crippen molar-refractivity contribution in [2.24, 2.45) is 0 Å². The van der Waals surface area contributed by atoms with Gasteiger partial charge in [-0.05, 0) is 47.9 Å². The molecule has 3 nitrogen and oxygen atoms in total. The van der Waals surface area contributed by atoms with Crippen LogP contribution in [0.15, 0.2) is 72.8 Å². The van der Waals surface area contributed by atoms with Gasteiger partial charge in [-0.15, -0.1) is 0 Å². The number of nitrogens with one attached hydrogen (secondary N) is 1. The third-order valence-corrected chi connectivity index (χ3v) is 4.69. The van der Waals surface area contributed by atoms with Gasteiger partial charge in [0, 0.05) is 24.3 Å². The van der Waals surface area contributed by atoms with Crippen LogP contribution in [0.25, 0.3) is 0 Å². The Labute approximate surface area is 152 Å². The fraction of sp³-hybridized carbons (Fsp3) is 0.136. The number of carbonyl (C=O) groups is 1. The van der Waals surface area contributed by atoms with E-state index in [0.29, 0.717) is 5.56 Å². The minimum atomic E-state index is -0.440. The van der Waals surface area contributed by atoms with E-state index in [0.717, 1.165) is 25.1 Å². The second-order valence-electron chi connectivity index (χ2n) is 6.43. The number of para-hydroxylation sites is 2. The molecule has 0 bridgehead atoms. The minimum absolute atomic E-state index is 0.190. The molecule has 0 atom stereocenters. The Morgan fingerprint density at radius 3 is 2.50 bits per heavy atom.